The lowest BCUT2D eigenvalue weighted by atomic mass is 10.5. The molecule has 0 saturated carbocycles. The maximum absolute atomic E-state index is 11.5. The Kier molecular flexibility index (Phi) is 3.44. The summed E-state index contributed by atoms with van der Waals surface area (Å²) in [5, 5.41) is 0. The summed E-state index contributed by atoms with van der Waals surface area (Å²) in [4.78, 5) is 25.3. The highest BCUT2D eigenvalue weighted by atomic mass is 32.2. The molecule has 0 aromatic heterocycles. The molecule has 3 nitrogen and oxygen atoms in total. The Labute approximate surface area is 85.9 Å². The van der Waals surface area contributed by atoms with Gasteiger partial charge in [0.25, 0.3) is 11.8 Å². The average molecular weight is 217 g/mol. The molecular formula is C8H11NO2S2. The minimum atomic E-state index is -0.173. The van der Waals surface area contributed by atoms with Crippen LogP contribution in [0, 0.1) is 0 Å². The SMILES string of the molecule is CCSC1=C(SC)C(=O)N(C)C1=O. The average Bonchev–Trinajstić information content (AvgIpc) is 2.32. The monoisotopic (exact) mass is 217 g/mol. The van der Waals surface area contributed by atoms with Crippen LogP contribution in [0.1, 0.15) is 6.92 Å². The van der Waals surface area contributed by atoms with Crippen molar-refractivity contribution in [2.75, 3.05) is 19.1 Å². The molecule has 72 valence electrons. The van der Waals surface area contributed by atoms with E-state index in [-0.39, 0.29) is 11.8 Å². The van der Waals surface area contributed by atoms with Crippen molar-refractivity contribution in [1.29, 1.82) is 0 Å². The van der Waals surface area contributed by atoms with Gasteiger partial charge in [-0.3, -0.25) is 14.5 Å². The molecule has 2 amide bonds. The summed E-state index contributed by atoms with van der Waals surface area (Å²) in [7, 11) is 1.52. The topological polar surface area (TPSA) is 37.4 Å². The van der Waals surface area contributed by atoms with Gasteiger partial charge in [-0.05, 0) is 12.0 Å². The van der Waals surface area contributed by atoms with E-state index in [2.05, 4.69) is 0 Å². The third-order valence-electron chi connectivity index (χ3n) is 1.70. The summed E-state index contributed by atoms with van der Waals surface area (Å²) >= 11 is 2.78. The van der Waals surface area contributed by atoms with Crippen LogP contribution >= 0.6 is 23.5 Å². The molecule has 0 saturated heterocycles. The quantitative estimate of drug-likeness (QED) is 0.668. The number of imide groups is 1. The van der Waals surface area contributed by atoms with Crippen LogP contribution in [-0.2, 0) is 9.59 Å². The highest BCUT2D eigenvalue weighted by Crippen LogP contribution is 2.34. The fourth-order valence-electron chi connectivity index (χ4n) is 1.04. The van der Waals surface area contributed by atoms with Crippen LogP contribution in [0.3, 0.4) is 0 Å². The van der Waals surface area contributed by atoms with Crippen molar-refractivity contribution in [3.05, 3.63) is 9.81 Å². The van der Waals surface area contributed by atoms with Crippen LogP contribution in [0.15, 0.2) is 9.81 Å². The van der Waals surface area contributed by atoms with Crippen molar-refractivity contribution in [1.82, 2.24) is 4.90 Å². The largest absolute Gasteiger partial charge is 0.277 e. The minimum absolute atomic E-state index is 0.166. The zero-order chi connectivity index (χ0) is 10.0. The number of hydrogen-bond acceptors (Lipinski definition) is 4. The van der Waals surface area contributed by atoms with E-state index < -0.39 is 0 Å². The number of rotatable bonds is 3. The molecule has 1 heterocycles. The van der Waals surface area contributed by atoms with Crippen molar-refractivity contribution in [2.45, 2.75) is 6.92 Å². The fraction of sp³-hybridized carbons (Fsp3) is 0.500. The van der Waals surface area contributed by atoms with E-state index in [1.165, 1.54) is 35.5 Å². The van der Waals surface area contributed by atoms with Gasteiger partial charge in [-0.1, -0.05) is 6.92 Å². The van der Waals surface area contributed by atoms with Crippen LogP contribution in [0.5, 0.6) is 0 Å². The Morgan fingerprint density at radius 3 is 2.23 bits per heavy atom. The first-order chi connectivity index (χ1) is 6.13. The minimum Gasteiger partial charge on any atom is -0.277 e. The van der Waals surface area contributed by atoms with Gasteiger partial charge in [-0.2, -0.15) is 0 Å². The molecule has 0 N–H and O–H groups in total. The van der Waals surface area contributed by atoms with Gasteiger partial charge in [0.05, 0.1) is 9.81 Å². The van der Waals surface area contributed by atoms with Crippen molar-refractivity contribution >= 4 is 35.3 Å². The Bertz CT molecular complexity index is 286. The van der Waals surface area contributed by atoms with Gasteiger partial charge >= 0.3 is 0 Å². The first-order valence-corrected chi connectivity index (χ1v) is 6.08. The Balaban J connectivity index is 3.02. The molecule has 0 aliphatic carbocycles. The summed E-state index contributed by atoms with van der Waals surface area (Å²) in [5.74, 6) is 0.473. The van der Waals surface area contributed by atoms with Crippen molar-refractivity contribution in [3.8, 4) is 0 Å². The maximum atomic E-state index is 11.5. The van der Waals surface area contributed by atoms with E-state index in [0.717, 1.165) is 5.75 Å². The lowest BCUT2D eigenvalue weighted by Crippen LogP contribution is -2.26. The maximum Gasteiger partial charge on any atom is 0.268 e. The molecule has 1 aliphatic rings. The number of hydrogen-bond donors (Lipinski definition) is 0. The smallest absolute Gasteiger partial charge is 0.268 e. The van der Waals surface area contributed by atoms with E-state index in [1.54, 1.807) is 0 Å². The van der Waals surface area contributed by atoms with E-state index >= 15 is 0 Å². The van der Waals surface area contributed by atoms with Crippen molar-refractivity contribution in [3.63, 3.8) is 0 Å². The summed E-state index contributed by atoms with van der Waals surface area (Å²) in [6.45, 7) is 1.96. The van der Waals surface area contributed by atoms with Gasteiger partial charge < -0.3 is 0 Å². The van der Waals surface area contributed by atoms with E-state index in [0.29, 0.717) is 9.81 Å². The first-order valence-electron chi connectivity index (χ1n) is 3.86. The molecule has 0 atom stereocenters. The molecule has 1 rings (SSSR count). The van der Waals surface area contributed by atoms with Gasteiger partial charge in [0.1, 0.15) is 0 Å². The van der Waals surface area contributed by atoms with E-state index in [4.69, 9.17) is 0 Å². The second-order valence-electron chi connectivity index (χ2n) is 2.46. The fourth-order valence-corrected chi connectivity index (χ4v) is 2.82. The molecule has 0 aromatic rings. The summed E-state index contributed by atoms with van der Waals surface area (Å²) in [6.07, 6.45) is 1.82. The molecule has 1 aliphatic heterocycles. The number of carbonyl (C=O) groups is 2. The predicted molar refractivity (Wildman–Crippen MR) is 56.5 cm³/mol. The normalized spacial score (nSPS) is 17.6. The van der Waals surface area contributed by atoms with E-state index in [9.17, 15) is 9.59 Å². The summed E-state index contributed by atoms with van der Waals surface area (Å²) < 4.78 is 0. The third-order valence-corrected chi connectivity index (χ3v) is 3.57. The van der Waals surface area contributed by atoms with Crippen LogP contribution in [0.25, 0.3) is 0 Å². The molecule has 0 unspecified atom stereocenters. The standard InChI is InChI=1S/C8H11NO2S2/c1-4-13-6-5(12-3)7(10)9(2)8(6)11/h4H2,1-3H3. The second kappa shape index (κ2) is 4.19. The van der Waals surface area contributed by atoms with E-state index in [1.807, 2.05) is 13.2 Å². The first kappa shape index (κ1) is 10.7. The lowest BCUT2D eigenvalue weighted by Gasteiger charge is -2.05. The molecule has 0 bridgehead atoms. The number of amides is 2. The van der Waals surface area contributed by atoms with Crippen LogP contribution in [0.4, 0.5) is 0 Å². The second-order valence-corrected chi connectivity index (χ2v) is 4.56. The number of carbonyl (C=O) groups excluding carboxylic acids is 2. The van der Waals surface area contributed by atoms with Gasteiger partial charge in [-0.25, -0.2) is 0 Å². The highest BCUT2D eigenvalue weighted by molar-refractivity contribution is 8.07. The zero-order valence-corrected chi connectivity index (χ0v) is 9.42. The van der Waals surface area contributed by atoms with Crippen molar-refractivity contribution < 1.29 is 9.59 Å². The summed E-state index contributed by atoms with van der Waals surface area (Å²) in [5.41, 5.74) is 0. The van der Waals surface area contributed by atoms with Gasteiger partial charge in [0.15, 0.2) is 0 Å². The molecule has 5 heteroatoms. The van der Waals surface area contributed by atoms with Crippen LogP contribution < -0.4 is 0 Å². The van der Waals surface area contributed by atoms with Gasteiger partial charge in [0, 0.05) is 7.05 Å². The molecule has 0 radical (unpaired) electrons. The molecule has 13 heavy (non-hydrogen) atoms. The predicted octanol–water partition coefficient (Wildman–Crippen LogP) is 1.31. The molecule has 0 fully saturated rings. The number of nitrogens with zero attached hydrogens (tertiary/aromatic N) is 1. The number of likely N-dealkylation sites (N-methyl/N-ethyl adjacent to an activating group) is 1. The third kappa shape index (κ3) is 1.76. The molecule has 0 aromatic carbocycles. The molecular weight excluding hydrogens is 206 g/mol. The van der Waals surface area contributed by atoms with Crippen LogP contribution in [0.2, 0.25) is 0 Å². The Hall–Kier alpha value is -0.420. The van der Waals surface area contributed by atoms with Gasteiger partial charge in [0.2, 0.25) is 0 Å². The molecule has 0 spiro atoms. The van der Waals surface area contributed by atoms with Gasteiger partial charge in [-0.15, -0.1) is 23.5 Å². The van der Waals surface area contributed by atoms with Crippen molar-refractivity contribution in [2.24, 2.45) is 0 Å². The Morgan fingerprint density at radius 2 is 1.77 bits per heavy atom. The lowest BCUT2D eigenvalue weighted by molar-refractivity contribution is -0.135. The zero-order valence-electron chi connectivity index (χ0n) is 7.79. The van der Waals surface area contributed by atoms with Crippen LogP contribution in [-0.4, -0.2) is 35.8 Å². The Morgan fingerprint density at radius 1 is 1.23 bits per heavy atom. The highest BCUT2D eigenvalue weighted by Gasteiger charge is 2.35. The summed E-state index contributed by atoms with van der Waals surface area (Å²) in [6, 6.07) is 0. The number of thioether (sulfide) groups is 2.